The first-order chi connectivity index (χ1) is 8.74. The van der Waals surface area contributed by atoms with Crippen molar-refractivity contribution in [3.05, 3.63) is 33.0 Å². The summed E-state index contributed by atoms with van der Waals surface area (Å²) >= 11 is 3.54. The molecular weight excluding hydrogens is 262 g/mol. The Morgan fingerprint density at radius 3 is 2.89 bits per heavy atom. The van der Waals surface area contributed by atoms with Gasteiger partial charge in [-0.1, -0.05) is 6.92 Å². The Morgan fingerprint density at radius 2 is 2.28 bits per heavy atom. The maximum atomic E-state index is 4.74. The summed E-state index contributed by atoms with van der Waals surface area (Å²) in [6, 6.07) is 2.17. The molecule has 0 saturated carbocycles. The van der Waals surface area contributed by atoms with Crippen LogP contribution >= 0.6 is 22.7 Å². The first-order valence-corrected chi connectivity index (χ1v) is 7.86. The number of thiophene rings is 1. The van der Waals surface area contributed by atoms with Crippen molar-refractivity contribution in [2.45, 2.75) is 26.4 Å². The summed E-state index contributed by atoms with van der Waals surface area (Å²) < 4.78 is 0. The van der Waals surface area contributed by atoms with E-state index in [0.29, 0.717) is 0 Å². The molecule has 18 heavy (non-hydrogen) atoms. The molecule has 0 fully saturated rings. The number of aromatic nitrogens is 1. The standard InChI is InChI=1S/C13H19N3S2/c1-4-11-12(7-14-2)18-13(15-11)16(3)8-10-5-6-17-9-10/h5-6,9,14H,4,7-8H2,1-3H3. The molecule has 0 amide bonds. The molecule has 2 aromatic rings. The lowest BCUT2D eigenvalue weighted by Crippen LogP contribution is -2.15. The maximum Gasteiger partial charge on any atom is 0.185 e. The number of nitrogens with one attached hydrogen (secondary N) is 1. The number of hydrogen-bond donors (Lipinski definition) is 1. The van der Waals surface area contributed by atoms with E-state index >= 15 is 0 Å². The second kappa shape index (κ2) is 6.31. The highest BCUT2D eigenvalue weighted by atomic mass is 32.1. The lowest BCUT2D eigenvalue weighted by atomic mass is 10.3. The van der Waals surface area contributed by atoms with Gasteiger partial charge in [-0.15, -0.1) is 11.3 Å². The summed E-state index contributed by atoms with van der Waals surface area (Å²) in [6.45, 7) is 4.00. The fourth-order valence-electron chi connectivity index (χ4n) is 1.83. The molecule has 2 rings (SSSR count). The van der Waals surface area contributed by atoms with Gasteiger partial charge in [-0.05, 0) is 35.9 Å². The normalized spacial score (nSPS) is 10.8. The highest BCUT2D eigenvalue weighted by Gasteiger charge is 2.12. The van der Waals surface area contributed by atoms with Gasteiger partial charge in [0.2, 0.25) is 0 Å². The second-order valence-corrected chi connectivity index (χ2v) is 6.08. The Bertz CT molecular complexity index is 476. The van der Waals surface area contributed by atoms with E-state index in [1.54, 1.807) is 22.7 Å². The van der Waals surface area contributed by atoms with Crippen LogP contribution < -0.4 is 10.2 Å². The summed E-state index contributed by atoms with van der Waals surface area (Å²) in [7, 11) is 4.09. The lowest BCUT2D eigenvalue weighted by molar-refractivity contribution is 0.813. The van der Waals surface area contributed by atoms with E-state index < -0.39 is 0 Å². The zero-order valence-electron chi connectivity index (χ0n) is 11.1. The van der Waals surface area contributed by atoms with E-state index in [1.165, 1.54) is 16.1 Å². The fraction of sp³-hybridized carbons (Fsp3) is 0.462. The molecule has 0 saturated heterocycles. The van der Waals surface area contributed by atoms with Crippen LogP contribution in [0.1, 0.15) is 23.1 Å². The Morgan fingerprint density at radius 1 is 1.44 bits per heavy atom. The minimum atomic E-state index is 0.910. The molecule has 3 nitrogen and oxygen atoms in total. The smallest absolute Gasteiger partial charge is 0.185 e. The molecule has 0 spiro atoms. The molecule has 5 heteroatoms. The number of nitrogens with zero attached hydrogens (tertiary/aromatic N) is 2. The summed E-state index contributed by atoms with van der Waals surface area (Å²) in [5, 5.41) is 8.64. The molecule has 0 aliphatic rings. The minimum Gasteiger partial charge on any atom is -0.347 e. The largest absolute Gasteiger partial charge is 0.347 e. The highest BCUT2D eigenvalue weighted by molar-refractivity contribution is 7.15. The second-order valence-electron chi connectivity index (χ2n) is 4.24. The van der Waals surface area contributed by atoms with Crippen molar-refractivity contribution < 1.29 is 0 Å². The van der Waals surface area contributed by atoms with Gasteiger partial charge in [0.05, 0.1) is 5.69 Å². The van der Waals surface area contributed by atoms with Gasteiger partial charge < -0.3 is 10.2 Å². The van der Waals surface area contributed by atoms with Gasteiger partial charge in [0.15, 0.2) is 5.13 Å². The molecule has 0 aliphatic carbocycles. The molecule has 0 bridgehead atoms. The summed E-state index contributed by atoms with van der Waals surface area (Å²) in [6.07, 6.45) is 1.000. The van der Waals surface area contributed by atoms with Crippen molar-refractivity contribution in [1.82, 2.24) is 10.3 Å². The Kier molecular flexibility index (Phi) is 4.74. The number of thiazole rings is 1. The maximum absolute atomic E-state index is 4.74. The zero-order valence-corrected chi connectivity index (χ0v) is 12.7. The first kappa shape index (κ1) is 13.5. The average molecular weight is 281 g/mol. The number of rotatable bonds is 6. The van der Waals surface area contributed by atoms with Gasteiger partial charge in [-0.2, -0.15) is 11.3 Å². The van der Waals surface area contributed by atoms with Crippen molar-refractivity contribution in [3.63, 3.8) is 0 Å². The van der Waals surface area contributed by atoms with Gasteiger partial charge in [0.25, 0.3) is 0 Å². The predicted molar refractivity (Wildman–Crippen MR) is 80.7 cm³/mol. The van der Waals surface area contributed by atoms with E-state index in [9.17, 15) is 0 Å². The predicted octanol–water partition coefficient (Wildman–Crippen LogP) is 3.12. The third kappa shape index (κ3) is 3.10. The minimum absolute atomic E-state index is 0.910. The number of anilines is 1. The Hall–Kier alpha value is -0.910. The monoisotopic (exact) mass is 281 g/mol. The summed E-state index contributed by atoms with van der Waals surface area (Å²) in [5.41, 5.74) is 2.58. The van der Waals surface area contributed by atoms with Crippen LogP contribution in [0, 0.1) is 0 Å². The fourth-order valence-corrected chi connectivity index (χ4v) is 3.61. The third-order valence-electron chi connectivity index (χ3n) is 2.77. The highest BCUT2D eigenvalue weighted by Crippen LogP contribution is 2.27. The van der Waals surface area contributed by atoms with E-state index in [0.717, 1.165) is 24.6 Å². The van der Waals surface area contributed by atoms with Crippen LogP contribution in [0.15, 0.2) is 16.8 Å². The van der Waals surface area contributed by atoms with E-state index in [1.807, 2.05) is 7.05 Å². The molecule has 0 atom stereocenters. The van der Waals surface area contributed by atoms with Gasteiger partial charge in [0, 0.05) is 25.0 Å². The van der Waals surface area contributed by atoms with Crippen LogP contribution in [-0.2, 0) is 19.5 Å². The SMILES string of the molecule is CCc1nc(N(C)Cc2ccsc2)sc1CNC. The molecule has 0 unspecified atom stereocenters. The van der Waals surface area contributed by atoms with E-state index in [4.69, 9.17) is 4.98 Å². The first-order valence-electron chi connectivity index (χ1n) is 6.10. The van der Waals surface area contributed by atoms with Crippen molar-refractivity contribution in [2.75, 3.05) is 19.0 Å². The van der Waals surface area contributed by atoms with Crippen molar-refractivity contribution in [2.24, 2.45) is 0 Å². The molecule has 0 aliphatic heterocycles. The molecule has 98 valence electrons. The number of aryl methyl sites for hydroxylation is 1. The van der Waals surface area contributed by atoms with Crippen LogP contribution in [0.4, 0.5) is 5.13 Å². The van der Waals surface area contributed by atoms with Crippen LogP contribution in [0.25, 0.3) is 0 Å². The summed E-state index contributed by atoms with van der Waals surface area (Å²) in [5.74, 6) is 0. The van der Waals surface area contributed by atoms with Gasteiger partial charge >= 0.3 is 0 Å². The molecule has 0 radical (unpaired) electrons. The van der Waals surface area contributed by atoms with Crippen LogP contribution in [0.2, 0.25) is 0 Å². The number of hydrogen-bond acceptors (Lipinski definition) is 5. The average Bonchev–Trinajstić information content (AvgIpc) is 2.98. The van der Waals surface area contributed by atoms with Crippen LogP contribution in [0.5, 0.6) is 0 Å². The Labute approximate surface area is 116 Å². The zero-order chi connectivity index (χ0) is 13.0. The van der Waals surface area contributed by atoms with Gasteiger partial charge in [0.1, 0.15) is 0 Å². The van der Waals surface area contributed by atoms with Gasteiger partial charge in [-0.25, -0.2) is 4.98 Å². The molecule has 2 heterocycles. The van der Waals surface area contributed by atoms with Crippen molar-refractivity contribution in [3.8, 4) is 0 Å². The van der Waals surface area contributed by atoms with Crippen LogP contribution in [-0.4, -0.2) is 19.1 Å². The molecule has 0 aromatic carbocycles. The van der Waals surface area contributed by atoms with Crippen molar-refractivity contribution >= 4 is 27.8 Å². The third-order valence-corrected chi connectivity index (χ3v) is 4.71. The van der Waals surface area contributed by atoms with Gasteiger partial charge in [-0.3, -0.25) is 0 Å². The van der Waals surface area contributed by atoms with E-state index in [2.05, 4.69) is 41.0 Å². The quantitative estimate of drug-likeness (QED) is 0.882. The van der Waals surface area contributed by atoms with Crippen LogP contribution in [0.3, 0.4) is 0 Å². The molecule has 2 aromatic heterocycles. The Balaban J connectivity index is 2.12. The van der Waals surface area contributed by atoms with E-state index in [-0.39, 0.29) is 0 Å². The topological polar surface area (TPSA) is 28.2 Å². The molecule has 1 N–H and O–H groups in total. The summed E-state index contributed by atoms with van der Waals surface area (Å²) in [4.78, 5) is 8.32. The lowest BCUT2D eigenvalue weighted by Gasteiger charge is -2.14. The molecular formula is C13H19N3S2. The van der Waals surface area contributed by atoms with Crippen molar-refractivity contribution in [1.29, 1.82) is 0 Å².